The van der Waals surface area contributed by atoms with E-state index in [2.05, 4.69) is 102 Å². The summed E-state index contributed by atoms with van der Waals surface area (Å²) in [5, 5.41) is 7.87. The maximum absolute atomic E-state index is 3.72. The Balaban J connectivity index is 1.54. The third-order valence-corrected chi connectivity index (χ3v) is 7.35. The zero-order valence-corrected chi connectivity index (χ0v) is 17.0. The van der Waals surface area contributed by atoms with Crippen LogP contribution in [0.3, 0.4) is 0 Å². The lowest BCUT2D eigenvalue weighted by molar-refractivity contribution is 1.54. The molecule has 0 amide bonds. The molecule has 5 aromatic carbocycles. The van der Waals surface area contributed by atoms with Gasteiger partial charge >= 0.3 is 0 Å². The fraction of sp³-hybridized carbons (Fsp3) is 0. The highest BCUT2D eigenvalue weighted by Crippen LogP contribution is 2.40. The summed E-state index contributed by atoms with van der Waals surface area (Å²) in [7, 11) is 0. The van der Waals surface area contributed by atoms with Crippen LogP contribution in [-0.4, -0.2) is 4.98 Å². The maximum atomic E-state index is 3.72. The molecule has 0 spiro atoms. The first-order chi connectivity index (χ1) is 14.9. The number of thiophene rings is 1. The molecular formula is C28H17NS. The van der Waals surface area contributed by atoms with E-state index in [1.807, 2.05) is 11.3 Å². The molecule has 7 aromatic rings. The molecule has 1 nitrogen and oxygen atoms in total. The van der Waals surface area contributed by atoms with Gasteiger partial charge in [0.1, 0.15) is 0 Å². The van der Waals surface area contributed by atoms with Crippen LogP contribution in [0.1, 0.15) is 0 Å². The Morgan fingerprint density at radius 3 is 2.33 bits per heavy atom. The molecule has 0 aliphatic heterocycles. The number of fused-ring (bicyclic) bond motifs is 8. The number of hydrogen-bond donors (Lipinski definition) is 1. The van der Waals surface area contributed by atoms with Crippen LogP contribution in [0.2, 0.25) is 0 Å². The molecule has 2 aromatic heterocycles. The SMILES string of the molecule is c1ccc2c(c1)ccc1[nH]c3c(-c4ccc5c(c4)sc4ccccc45)cccc3c12. The molecule has 140 valence electrons. The molecule has 2 heteroatoms. The fourth-order valence-corrected chi connectivity index (χ4v) is 5.98. The van der Waals surface area contributed by atoms with E-state index in [4.69, 9.17) is 0 Å². The highest BCUT2D eigenvalue weighted by molar-refractivity contribution is 7.25. The van der Waals surface area contributed by atoms with Crippen LogP contribution < -0.4 is 0 Å². The molecule has 0 aliphatic rings. The molecule has 30 heavy (non-hydrogen) atoms. The molecule has 7 rings (SSSR count). The van der Waals surface area contributed by atoms with Crippen molar-refractivity contribution >= 4 is 64.1 Å². The van der Waals surface area contributed by atoms with Gasteiger partial charge in [-0.15, -0.1) is 11.3 Å². The van der Waals surface area contributed by atoms with E-state index in [-0.39, 0.29) is 0 Å². The van der Waals surface area contributed by atoms with E-state index >= 15 is 0 Å². The Morgan fingerprint density at radius 1 is 0.567 bits per heavy atom. The number of aromatic nitrogens is 1. The van der Waals surface area contributed by atoms with Crippen molar-refractivity contribution in [2.45, 2.75) is 0 Å². The number of H-pyrrole nitrogens is 1. The normalized spacial score (nSPS) is 12.0. The van der Waals surface area contributed by atoms with Crippen LogP contribution >= 0.6 is 11.3 Å². The van der Waals surface area contributed by atoms with Crippen molar-refractivity contribution in [3.8, 4) is 11.1 Å². The van der Waals surface area contributed by atoms with Crippen molar-refractivity contribution in [3.63, 3.8) is 0 Å². The summed E-state index contributed by atoms with van der Waals surface area (Å²) >= 11 is 1.87. The second-order valence-corrected chi connectivity index (χ2v) is 8.96. The molecule has 0 aliphatic carbocycles. The molecule has 0 unspecified atom stereocenters. The van der Waals surface area contributed by atoms with Gasteiger partial charge in [0.25, 0.3) is 0 Å². The number of nitrogens with one attached hydrogen (secondary N) is 1. The molecule has 0 saturated carbocycles. The van der Waals surface area contributed by atoms with Crippen LogP contribution in [0.4, 0.5) is 0 Å². The monoisotopic (exact) mass is 399 g/mol. The highest BCUT2D eigenvalue weighted by atomic mass is 32.1. The lowest BCUT2D eigenvalue weighted by Gasteiger charge is -2.05. The van der Waals surface area contributed by atoms with E-state index in [1.54, 1.807) is 0 Å². The van der Waals surface area contributed by atoms with Gasteiger partial charge in [0.05, 0.1) is 5.52 Å². The summed E-state index contributed by atoms with van der Waals surface area (Å²) in [6.45, 7) is 0. The van der Waals surface area contributed by atoms with Crippen molar-refractivity contribution in [3.05, 3.63) is 97.1 Å². The predicted octanol–water partition coefficient (Wildman–Crippen LogP) is 8.51. The van der Waals surface area contributed by atoms with Gasteiger partial charge in [-0.2, -0.15) is 0 Å². The van der Waals surface area contributed by atoms with Crippen molar-refractivity contribution in [2.24, 2.45) is 0 Å². The third-order valence-electron chi connectivity index (χ3n) is 6.21. The van der Waals surface area contributed by atoms with E-state index < -0.39 is 0 Å². The quantitative estimate of drug-likeness (QED) is 0.285. The van der Waals surface area contributed by atoms with Gasteiger partial charge in [0.15, 0.2) is 0 Å². The summed E-state index contributed by atoms with van der Waals surface area (Å²) in [4.78, 5) is 3.72. The van der Waals surface area contributed by atoms with Crippen molar-refractivity contribution in [2.75, 3.05) is 0 Å². The second kappa shape index (κ2) is 5.94. The lowest BCUT2D eigenvalue weighted by atomic mass is 9.99. The van der Waals surface area contributed by atoms with Crippen molar-refractivity contribution in [1.29, 1.82) is 0 Å². The van der Waals surface area contributed by atoms with Crippen LogP contribution in [0, 0.1) is 0 Å². The van der Waals surface area contributed by atoms with Gasteiger partial charge < -0.3 is 4.98 Å². The summed E-state index contributed by atoms with van der Waals surface area (Å²) in [5.41, 5.74) is 4.92. The third kappa shape index (κ3) is 2.17. The van der Waals surface area contributed by atoms with Crippen LogP contribution in [0.25, 0.3) is 63.9 Å². The zero-order chi connectivity index (χ0) is 19.7. The highest BCUT2D eigenvalue weighted by Gasteiger charge is 2.13. The molecule has 2 heterocycles. The summed E-state index contributed by atoms with van der Waals surface area (Å²) in [6.07, 6.45) is 0. The topological polar surface area (TPSA) is 15.8 Å². The predicted molar refractivity (Wildman–Crippen MR) is 132 cm³/mol. The number of aromatic amines is 1. The number of benzene rings is 5. The summed E-state index contributed by atoms with van der Waals surface area (Å²) < 4.78 is 2.69. The molecule has 0 bridgehead atoms. The lowest BCUT2D eigenvalue weighted by Crippen LogP contribution is -1.80. The second-order valence-electron chi connectivity index (χ2n) is 7.87. The molecule has 0 fully saturated rings. The van der Waals surface area contributed by atoms with Gasteiger partial charge in [-0.3, -0.25) is 0 Å². The summed E-state index contributed by atoms with van der Waals surface area (Å²) in [5.74, 6) is 0. The van der Waals surface area contributed by atoms with Gasteiger partial charge in [-0.25, -0.2) is 0 Å². The number of para-hydroxylation sites is 1. The first kappa shape index (κ1) is 16.2. The zero-order valence-electron chi connectivity index (χ0n) is 16.1. The van der Waals surface area contributed by atoms with E-state index in [1.165, 1.54) is 63.9 Å². The van der Waals surface area contributed by atoms with Gasteiger partial charge in [0.2, 0.25) is 0 Å². The van der Waals surface area contributed by atoms with E-state index in [0.717, 1.165) is 0 Å². The largest absolute Gasteiger partial charge is 0.354 e. The average Bonchev–Trinajstić information content (AvgIpc) is 3.36. The minimum Gasteiger partial charge on any atom is -0.354 e. The Kier molecular flexibility index (Phi) is 3.21. The van der Waals surface area contributed by atoms with Gasteiger partial charge in [-0.1, -0.05) is 78.9 Å². The Labute approximate surface area is 177 Å². The number of rotatable bonds is 1. The minimum absolute atomic E-state index is 1.19. The molecule has 0 atom stereocenters. The van der Waals surface area contributed by atoms with Crippen LogP contribution in [-0.2, 0) is 0 Å². The van der Waals surface area contributed by atoms with Crippen LogP contribution in [0.5, 0.6) is 0 Å². The molecule has 1 N–H and O–H groups in total. The average molecular weight is 400 g/mol. The number of hydrogen-bond acceptors (Lipinski definition) is 1. The first-order valence-corrected chi connectivity index (χ1v) is 11.0. The summed E-state index contributed by atoms with van der Waals surface area (Å²) in [6, 6.07) is 35.3. The van der Waals surface area contributed by atoms with Crippen molar-refractivity contribution < 1.29 is 0 Å². The van der Waals surface area contributed by atoms with Crippen LogP contribution in [0.15, 0.2) is 97.1 Å². The minimum atomic E-state index is 1.19. The Morgan fingerprint density at radius 2 is 1.37 bits per heavy atom. The van der Waals surface area contributed by atoms with Gasteiger partial charge in [-0.05, 0) is 34.5 Å². The first-order valence-electron chi connectivity index (χ1n) is 10.2. The standard InChI is InChI=1S/C28H17NS/c1-2-7-19-17(6-1)13-15-24-27(19)23-10-5-9-20(28(23)29-24)18-12-14-22-21-8-3-4-11-25(21)30-26(22)16-18/h1-16,29H. The Hall–Kier alpha value is -3.62. The van der Waals surface area contributed by atoms with E-state index in [9.17, 15) is 0 Å². The van der Waals surface area contributed by atoms with Gasteiger partial charge in [0, 0.05) is 42.0 Å². The Bertz CT molecular complexity index is 1750. The molecule has 0 radical (unpaired) electrons. The fourth-order valence-electron chi connectivity index (χ4n) is 4.83. The maximum Gasteiger partial charge on any atom is 0.0544 e. The smallest absolute Gasteiger partial charge is 0.0544 e. The molecule has 0 saturated heterocycles. The van der Waals surface area contributed by atoms with E-state index in [0.29, 0.717) is 0 Å². The van der Waals surface area contributed by atoms with Crippen molar-refractivity contribution in [1.82, 2.24) is 4.98 Å². The molecular weight excluding hydrogens is 382 g/mol.